The summed E-state index contributed by atoms with van der Waals surface area (Å²) in [4.78, 5) is 25.9. The van der Waals surface area contributed by atoms with Gasteiger partial charge in [0, 0.05) is 6.54 Å². The van der Waals surface area contributed by atoms with Gasteiger partial charge in [-0.25, -0.2) is 0 Å². The van der Waals surface area contributed by atoms with Crippen LogP contribution in [-0.2, 0) is 11.3 Å². The van der Waals surface area contributed by atoms with E-state index < -0.39 is 11.9 Å². The van der Waals surface area contributed by atoms with Gasteiger partial charge in [-0.3, -0.25) is 14.5 Å². The normalized spacial score (nSPS) is 11.9. The van der Waals surface area contributed by atoms with Gasteiger partial charge in [0.05, 0.1) is 25.8 Å². The Labute approximate surface area is 163 Å². The van der Waals surface area contributed by atoms with Gasteiger partial charge in [-0.15, -0.1) is 11.3 Å². The number of nitrogens with one attached hydrogen (secondary N) is 1. The molecule has 0 spiro atoms. The molecule has 0 unspecified atom stereocenters. The summed E-state index contributed by atoms with van der Waals surface area (Å²) in [6, 6.07) is 5.02. The molecule has 0 fully saturated rings. The highest BCUT2D eigenvalue weighted by Gasteiger charge is 2.22. The summed E-state index contributed by atoms with van der Waals surface area (Å²) >= 11 is 1.27. The molecule has 0 saturated carbocycles. The van der Waals surface area contributed by atoms with E-state index in [9.17, 15) is 9.59 Å². The van der Waals surface area contributed by atoms with Crippen molar-refractivity contribution in [3.8, 4) is 11.5 Å². The zero-order valence-corrected chi connectivity index (χ0v) is 17.0. The number of benzene rings is 1. The number of rotatable bonds is 8. The zero-order valence-electron chi connectivity index (χ0n) is 16.2. The Balaban J connectivity index is 2.11. The average Bonchev–Trinajstić information content (AvgIpc) is 3.10. The standard InChI is InChI=1S/C19H25N3O4S/c1-11-8-15(25-4)16(26-5)9-13(11)10-22(3)12(2)18(24)21-19-14(17(20)23)6-7-27-19/h6-9,12H,10H2,1-5H3,(H2,20,23)(H,21,24)/t12-/m1/s1. The lowest BCUT2D eigenvalue weighted by atomic mass is 10.1. The number of carbonyl (C=O) groups excluding carboxylic acids is 2. The number of hydrogen-bond donors (Lipinski definition) is 2. The van der Waals surface area contributed by atoms with Crippen LogP contribution < -0.4 is 20.5 Å². The fourth-order valence-corrected chi connectivity index (χ4v) is 3.41. The third kappa shape index (κ3) is 4.78. The fourth-order valence-electron chi connectivity index (χ4n) is 2.62. The van der Waals surface area contributed by atoms with Gasteiger partial charge in [-0.2, -0.15) is 0 Å². The van der Waals surface area contributed by atoms with Crippen LogP contribution in [0.4, 0.5) is 5.00 Å². The predicted octanol–water partition coefficient (Wildman–Crippen LogP) is 2.63. The quantitative estimate of drug-likeness (QED) is 0.721. The molecule has 1 heterocycles. The summed E-state index contributed by atoms with van der Waals surface area (Å²) in [6.07, 6.45) is 0. The van der Waals surface area contributed by atoms with Gasteiger partial charge in [0.2, 0.25) is 5.91 Å². The molecule has 1 atom stereocenters. The van der Waals surface area contributed by atoms with E-state index in [1.165, 1.54) is 11.3 Å². The molecule has 2 aromatic rings. The van der Waals surface area contributed by atoms with Gasteiger partial charge >= 0.3 is 0 Å². The number of carbonyl (C=O) groups is 2. The lowest BCUT2D eigenvalue weighted by molar-refractivity contribution is -0.120. The first-order valence-corrected chi connectivity index (χ1v) is 9.26. The van der Waals surface area contributed by atoms with Crippen molar-refractivity contribution in [2.45, 2.75) is 26.4 Å². The molecule has 27 heavy (non-hydrogen) atoms. The third-order valence-electron chi connectivity index (χ3n) is 4.47. The summed E-state index contributed by atoms with van der Waals surface area (Å²) in [5.41, 5.74) is 7.72. The van der Waals surface area contributed by atoms with E-state index in [-0.39, 0.29) is 5.91 Å². The van der Waals surface area contributed by atoms with Crippen LogP contribution >= 0.6 is 11.3 Å². The van der Waals surface area contributed by atoms with E-state index in [0.29, 0.717) is 28.6 Å². The Hall–Kier alpha value is -2.58. The maximum Gasteiger partial charge on any atom is 0.251 e. The lowest BCUT2D eigenvalue weighted by Gasteiger charge is -2.25. The number of amides is 2. The van der Waals surface area contributed by atoms with Crippen molar-refractivity contribution in [2.75, 3.05) is 26.6 Å². The minimum Gasteiger partial charge on any atom is -0.493 e. The van der Waals surface area contributed by atoms with Crippen LogP contribution in [0.2, 0.25) is 0 Å². The number of aryl methyl sites for hydroxylation is 1. The maximum absolute atomic E-state index is 12.6. The van der Waals surface area contributed by atoms with Gasteiger partial charge in [0.1, 0.15) is 5.00 Å². The van der Waals surface area contributed by atoms with Crippen LogP contribution in [0.5, 0.6) is 11.5 Å². The highest BCUT2D eigenvalue weighted by atomic mass is 32.1. The minimum atomic E-state index is -0.562. The molecule has 0 radical (unpaired) electrons. The van der Waals surface area contributed by atoms with Crippen molar-refractivity contribution in [2.24, 2.45) is 5.73 Å². The van der Waals surface area contributed by atoms with E-state index in [1.54, 1.807) is 25.7 Å². The van der Waals surface area contributed by atoms with Crippen molar-refractivity contribution in [3.63, 3.8) is 0 Å². The molecule has 0 aliphatic carbocycles. The van der Waals surface area contributed by atoms with Gasteiger partial charge in [0.15, 0.2) is 11.5 Å². The molecule has 3 N–H and O–H groups in total. The number of thiophene rings is 1. The van der Waals surface area contributed by atoms with E-state index in [1.807, 2.05) is 37.9 Å². The van der Waals surface area contributed by atoms with Crippen LogP contribution in [-0.4, -0.2) is 44.0 Å². The number of likely N-dealkylation sites (N-methyl/N-ethyl adjacent to an activating group) is 1. The monoisotopic (exact) mass is 391 g/mol. The third-order valence-corrected chi connectivity index (χ3v) is 5.30. The molecule has 0 aliphatic heterocycles. The first-order valence-electron chi connectivity index (χ1n) is 8.38. The van der Waals surface area contributed by atoms with Gasteiger partial charge in [0.25, 0.3) is 5.91 Å². The Morgan fingerprint density at radius 2 is 1.89 bits per heavy atom. The minimum absolute atomic E-state index is 0.208. The molecule has 7 nitrogen and oxygen atoms in total. The van der Waals surface area contributed by atoms with Crippen LogP contribution in [0.3, 0.4) is 0 Å². The van der Waals surface area contributed by atoms with Crippen LogP contribution in [0.25, 0.3) is 0 Å². The molecule has 1 aromatic carbocycles. The summed E-state index contributed by atoms with van der Waals surface area (Å²) in [7, 11) is 5.05. The number of nitrogens with two attached hydrogens (primary N) is 1. The molecule has 0 bridgehead atoms. The largest absolute Gasteiger partial charge is 0.493 e. The lowest BCUT2D eigenvalue weighted by Crippen LogP contribution is -2.39. The molecular weight excluding hydrogens is 366 g/mol. The number of anilines is 1. The van der Waals surface area contributed by atoms with Gasteiger partial charge < -0.3 is 20.5 Å². The van der Waals surface area contributed by atoms with Crippen LogP contribution in [0, 0.1) is 6.92 Å². The van der Waals surface area contributed by atoms with Crippen molar-refractivity contribution in [1.82, 2.24) is 4.90 Å². The molecule has 2 rings (SSSR count). The Bertz CT molecular complexity index is 834. The van der Waals surface area contributed by atoms with E-state index in [4.69, 9.17) is 15.2 Å². The second-order valence-electron chi connectivity index (χ2n) is 6.24. The number of ether oxygens (including phenoxy) is 2. The number of methoxy groups -OCH3 is 2. The van der Waals surface area contributed by atoms with Crippen molar-refractivity contribution in [3.05, 3.63) is 40.3 Å². The smallest absolute Gasteiger partial charge is 0.251 e. The van der Waals surface area contributed by atoms with E-state index in [0.717, 1.165) is 11.1 Å². The zero-order chi connectivity index (χ0) is 20.1. The van der Waals surface area contributed by atoms with Crippen LogP contribution in [0.15, 0.2) is 23.6 Å². The average molecular weight is 391 g/mol. The fraction of sp³-hybridized carbons (Fsp3) is 0.368. The van der Waals surface area contributed by atoms with E-state index >= 15 is 0 Å². The summed E-state index contributed by atoms with van der Waals surface area (Å²) in [5.74, 6) is 0.547. The number of hydrogen-bond acceptors (Lipinski definition) is 6. The van der Waals surface area contributed by atoms with E-state index in [2.05, 4.69) is 5.32 Å². The SMILES string of the molecule is COc1cc(C)c(CN(C)[C@H](C)C(=O)Nc2sccc2C(N)=O)cc1OC. The van der Waals surface area contributed by atoms with Gasteiger partial charge in [-0.05, 0) is 55.6 Å². The molecule has 146 valence electrons. The Morgan fingerprint density at radius 1 is 1.26 bits per heavy atom. The molecule has 0 aliphatic rings. The van der Waals surface area contributed by atoms with Crippen molar-refractivity contribution < 1.29 is 19.1 Å². The summed E-state index contributed by atoms with van der Waals surface area (Å²) in [6.45, 7) is 4.34. The summed E-state index contributed by atoms with van der Waals surface area (Å²) in [5, 5.41) is 4.97. The first kappa shape index (κ1) is 20.7. The van der Waals surface area contributed by atoms with Crippen molar-refractivity contribution in [1.29, 1.82) is 0 Å². The molecule has 1 aromatic heterocycles. The predicted molar refractivity (Wildman–Crippen MR) is 107 cm³/mol. The Morgan fingerprint density at radius 3 is 2.48 bits per heavy atom. The highest BCUT2D eigenvalue weighted by molar-refractivity contribution is 7.14. The second-order valence-corrected chi connectivity index (χ2v) is 7.16. The molecule has 2 amide bonds. The maximum atomic E-state index is 12.6. The molecule has 8 heteroatoms. The topological polar surface area (TPSA) is 93.9 Å². The number of primary amides is 1. The highest BCUT2D eigenvalue weighted by Crippen LogP contribution is 2.31. The number of nitrogens with zero attached hydrogens (tertiary/aromatic N) is 1. The molecular formula is C19H25N3O4S. The van der Waals surface area contributed by atoms with Crippen molar-refractivity contribution >= 4 is 28.2 Å². The Kier molecular flexibility index (Phi) is 6.81. The summed E-state index contributed by atoms with van der Waals surface area (Å²) < 4.78 is 10.7. The van der Waals surface area contributed by atoms with Crippen LogP contribution in [0.1, 0.15) is 28.4 Å². The second kappa shape index (κ2) is 8.88. The first-order chi connectivity index (χ1) is 12.8. The van der Waals surface area contributed by atoms with Gasteiger partial charge in [-0.1, -0.05) is 0 Å². The molecule has 0 saturated heterocycles.